The van der Waals surface area contributed by atoms with Gasteiger partial charge in [-0.1, -0.05) is 19.8 Å². The lowest BCUT2D eigenvalue weighted by molar-refractivity contribution is -0.178. The van der Waals surface area contributed by atoms with Crippen LogP contribution in [0, 0.1) is 0 Å². The number of ether oxygens (including phenoxy) is 1. The van der Waals surface area contributed by atoms with Crippen LogP contribution in [0.3, 0.4) is 0 Å². The smallest absolute Gasteiger partial charge is 0.337 e. The van der Waals surface area contributed by atoms with Crippen molar-refractivity contribution in [2.24, 2.45) is 0 Å². The summed E-state index contributed by atoms with van der Waals surface area (Å²) in [6.07, 6.45) is 0.503. The van der Waals surface area contributed by atoms with Crippen LogP contribution in [0.25, 0.3) is 0 Å². The van der Waals surface area contributed by atoms with Crippen molar-refractivity contribution in [2.75, 3.05) is 6.61 Å². The summed E-state index contributed by atoms with van der Waals surface area (Å²) >= 11 is 0. The first-order valence-electron chi connectivity index (χ1n) is 5.65. The summed E-state index contributed by atoms with van der Waals surface area (Å²) in [4.78, 5) is 32.4. The molecule has 3 N–H and O–H groups in total. The second-order valence-electron chi connectivity index (χ2n) is 4.00. The lowest BCUT2D eigenvalue weighted by Crippen LogP contribution is -2.45. The molecular formula is C11H18O7. The Morgan fingerprint density at radius 1 is 1.00 bits per heavy atom. The molecule has 0 bridgehead atoms. The van der Waals surface area contributed by atoms with Crippen molar-refractivity contribution < 1.29 is 34.4 Å². The molecule has 0 aromatic heterocycles. The van der Waals surface area contributed by atoms with E-state index in [-0.39, 0.29) is 6.61 Å². The van der Waals surface area contributed by atoms with Gasteiger partial charge in [-0.15, -0.1) is 0 Å². The molecule has 0 atom stereocenters. The number of hydrogen-bond acceptors (Lipinski definition) is 4. The number of carboxylic acids is 3. The molecule has 0 unspecified atom stereocenters. The van der Waals surface area contributed by atoms with Gasteiger partial charge in [0.25, 0.3) is 0 Å². The molecule has 0 radical (unpaired) electrons. The molecule has 0 saturated carbocycles. The first kappa shape index (κ1) is 16.4. The predicted octanol–water partition coefficient (Wildman–Crippen LogP) is 0.966. The van der Waals surface area contributed by atoms with Gasteiger partial charge < -0.3 is 20.1 Å². The van der Waals surface area contributed by atoms with Gasteiger partial charge in [0.15, 0.2) is 5.60 Å². The number of aliphatic carboxylic acids is 3. The fourth-order valence-corrected chi connectivity index (χ4v) is 1.49. The van der Waals surface area contributed by atoms with Crippen LogP contribution >= 0.6 is 0 Å². The Kier molecular flexibility index (Phi) is 6.96. The van der Waals surface area contributed by atoms with E-state index >= 15 is 0 Å². The number of carboxylic acid groups (broad SMARTS) is 3. The fourth-order valence-electron chi connectivity index (χ4n) is 1.49. The highest BCUT2D eigenvalue weighted by atomic mass is 16.5. The average molecular weight is 262 g/mol. The second kappa shape index (κ2) is 7.65. The van der Waals surface area contributed by atoms with Gasteiger partial charge in [-0.3, -0.25) is 9.59 Å². The molecule has 7 nitrogen and oxygen atoms in total. The van der Waals surface area contributed by atoms with Gasteiger partial charge in [-0.25, -0.2) is 4.79 Å². The first-order valence-corrected chi connectivity index (χ1v) is 5.65. The fraction of sp³-hybridized carbons (Fsp3) is 0.727. The van der Waals surface area contributed by atoms with E-state index in [1.54, 1.807) is 0 Å². The van der Waals surface area contributed by atoms with Gasteiger partial charge in [0, 0.05) is 6.61 Å². The van der Waals surface area contributed by atoms with Crippen LogP contribution in [0.1, 0.15) is 39.0 Å². The summed E-state index contributed by atoms with van der Waals surface area (Å²) < 4.78 is 5.05. The van der Waals surface area contributed by atoms with Crippen LogP contribution in [0.15, 0.2) is 0 Å². The van der Waals surface area contributed by atoms with E-state index < -0.39 is 36.4 Å². The zero-order valence-electron chi connectivity index (χ0n) is 10.2. The quantitative estimate of drug-likeness (QED) is 0.501. The molecule has 0 fully saturated rings. The monoisotopic (exact) mass is 262 g/mol. The summed E-state index contributed by atoms with van der Waals surface area (Å²) in [5, 5.41) is 26.4. The van der Waals surface area contributed by atoms with E-state index in [4.69, 9.17) is 20.1 Å². The minimum atomic E-state index is -2.19. The molecule has 0 rings (SSSR count). The van der Waals surface area contributed by atoms with Crippen LogP contribution in [-0.2, 0) is 19.1 Å². The van der Waals surface area contributed by atoms with E-state index in [1.807, 2.05) is 6.92 Å². The maximum atomic E-state index is 11.1. The molecular weight excluding hydrogens is 244 g/mol. The summed E-state index contributed by atoms with van der Waals surface area (Å²) in [7, 11) is 0. The third kappa shape index (κ3) is 5.62. The largest absolute Gasteiger partial charge is 0.481 e. The molecule has 7 heteroatoms. The van der Waals surface area contributed by atoms with Crippen LogP contribution in [0.4, 0.5) is 0 Å². The molecule has 0 aliphatic carbocycles. The molecule has 0 aliphatic rings. The Morgan fingerprint density at radius 2 is 1.50 bits per heavy atom. The highest BCUT2D eigenvalue weighted by Gasteiger charge is 2.44. The Balaban J connectivity index is 4.77. The third-order valence-electron chi connectivity index (χ3n) is 2.39. The lowest BCUT2D eigenvalue weighted by Gasteiger charge is -2.26. The van der Waals surface area contributed by atoms with Gasteiger partial charge in [0.1, 0.15) is 0 Å². The van der Waals surface area contributed by atoms with Crippen LogP contribution in [0.2, 0.25) is 0 Å². The van der Waals surface area contributed by atoms with E-state index in [1.165, 1.54) is 0 Å². The minimum absolute atomic E-state index is 0.0285. The van der Waals surface area contributed by atoms with Gasteiger partial charge >= 0.3 is 17.9 Å². The second-order valence-corrected chi connectivity index (χ2v) is 4.00. The SMILES string of the molecule is CCCCCOC(CC(=O)O)(CC(=O)O)C(=O)O. The highest BCUT2D eigenvalue weighted by molar-refractivity contribution is 5.88. The highest BCUT2D eigenvalue weighted by Crippen LogP contribution is 2.22. The summed E-state index contributed by atoms with van der Waals surface area (Å²) in [5.41, 5.74) is -2.19. The Hall–Kier alpha value is -1.63. The van der Waals surface area contributed by atoms with Crippen LogP contribution in [-0.4, -0.2) is 45.4 Å². The Morgan fingerprint density at radius 3 is 1.83 bits per heavy atom. The Labute approximate surface area is 104 Å². The van der Waals surface area contributed by atoms with Gasteiger partial charge in [-0.05, 0) is 6.42 Å². The Bertz CT molecular complexity index is 295. The molecule has 0 aromatic rings. The van der Waals surface area contributed by atoms with Crippen molar-refractivity contribution in [3.8, 4) is 0 Å². The molecule has 0 spiro atoms. The standard InChI is InChI=1S/C11H18O7/c1-2-3-4-5-18-11(10(16)17,6-8(12)13)7-9(14)15/h2-7H2,1H3,(H,12,13)(H,14,15)(H,16,17). The van der Waals surface area contributed by atoms with Crippen LogP contribution in [0.5, 0.6) is 0 Å². The molecule has 0 saturated heterocycles. The van der Waals surface area contributed by atoms with Gasteiger partial charge in [0.2, 0.25) is 0 Å². The number of carbonyl (C=O) groups is 3. The van der Waals surface area contributed by atoms with E-state index in [9.17, 15) is 14.4 Å². The van der Waals surface area contributed by atoms with Crippen molar-refractivity contribution in [3.05, 3.63) is 0 Å². The molecule has 0 heterocycles. The van der Waals surface area contributed by atoms with Gasteiger partial charge in [-0.2, -0.15) is 0 Å². The number of unbranched alkanes of at least 4 members (excludes halogenated alkanes) is 2. The maximum Gasteiger partial charge on any atom is 0.337 e. The summed E-state index contributed by atoms with van der Waals surface area (Å²) in [5.74, 6) is -4.38. The molecule has 0 amide bonds. The van der Waals surface area contributed by atoms with Crippen molar-refractivity contribution in [1.29, 1.82) is 0 Å². The van der Waals surface area contributed by atoms with Crippen molar-refractivity contribution in [2.45, 2.75) is 44.6 Å². The molecule has 0 aromatic carbocycles. The number of hydrogen-bond donors (Lipinski definition) is 3. The molecule has 0 aliphatic heterocycles. The third-order valence-corrected chi connectivity index (χ3v) is 2.39. The van der Waals surface area contributed by atoms with Crippen molar-refractivity contribution >= 4 is 17.9 Å². The van der Waals surface area contributed by atoms with E-state index in [0.717, 1.165) is 12.8 Å². The van der Waals surface area contributed by atoms with Crippen LogP contribution < -0.4 is 0 Å². The average Bonchev–Trinajstić information content (AvgIpc) is 2.22. The first-order chi connectivity index (χ1) is 8.34. The summed E-state index contributed by atoms with van der Waals surface area (Å²) in [6.45, 7) is 1.97. The maximum absolute atomic E-state index is 11.1. The minimum Gasteiger partial charge on any atom is -0.481 e. The normalized spacial score (nSPS) is 11.2. The summed E-state index contributed by atoms with van der Waals surface area (Å²) in [6, 6.07) is 0. The van der Waals surface area contributed by atoms with Gasteiger partial charge in [0.05, 0.1) is 12.8 Å². The zero-order valence-corrected chi connectivity index (χ0v) is 10.2. The zero-order chi connectivity index (χ0) is 14.2. The predicted molar refractivity (Wildman–Crippen MR) is 60.3 cm³/mol. The van der Waals surface area contributed by atoms with E-state index in [0.29, 0.717) is 6.42 Å². The molecule has 104 valence electrons. The molecule has 18 heavy (non-hydrogen) atoms. The topological polar surface area (TPSA) is 121 Å². The number of rotatable bonds is 10. The van der Waals surface area contributed by atoms with Crippen molar-refractivity contribution in [3.63, 3.8) is 0 Å². The van der Waals surface area contributed by atoms with Crippen molar-refractivity contribution in [1.82, 2.24) is 0 Å². The lowest BCUT2D eigenvalue weighted by atomic mass is 9.95. The van der Waals surface area contributed by atoms with E-state index in [2.05, 4.69) is 0 Å².